The van der Waals surface area contributed by atoms with Crippen molar-refractivity contribution in [2.24, 2.45) is 0 Å². The van der Waals surface area contributed by atoms with Crippen molar-refractivity contribution in [1.82, 2.24) is 9.80 Å². The molecule has 0 unspecified atom stereocenters. The van der Waals surface area contributed by atoms with Gasteiger partial charge in [-0.2, -0.15) is 0 Å². The van der Waals surface area contributed by atoms with Crippen LogP contribution in [0.3, 0.4) is 0 Å². The summed E-state index contributed by atoms with van der Waals surface area (Å²) < 4.78 is 0. The maximum atomic E-state index is 12.1. The highest BCUT2D eigenvalue weighted by molar-refractivity contribution is 5.77. The van der Waals surface area contributed by atoms with Crippen molar-refractivity contribution in [3.05, 3.63) is 35.9 Å². The third-order valence-electron chi connectivity index (χ3n) is 3.72. The predicted molar refractivity (Wildman–Crippen MR) is 74.8 cm³/mol. The molecule has 1 N–H and O–H groups in total. The van der Waals surface area contributed by atoms with E-state index in [9.17, 15) is 9.90 Å². The molecule has 4 nitrogen and oxygen atoms in total. The first-order valence-corrected chi connectivity index (χ1v) is 6.83. The van der Waals surface area contributed by atoms with Crippen molar-refractivity contribution >= 4 is 5.91 Å². The first-order chi connectivity index (χ1) is 9.20. The highest BCUT2D eigenvalue weighted by Crippen LogP contribution is 2.12. The summed E-state index contributed by atoms with van der Waals surface area (Å²) >= 11 is 0. The molecule has 2 rings (SSSR count). The zero-order valence-corrected chi connectivity index (χ0v) is 11.5. The second-order valence-corrected chi connectivity index (χ2v) is 5.17. The van der Waals surface area contributed by atoms with E-state index in [1.54, 1.807) is 0 Å². The Bertz CT molecular complexity index is 408. The summed E-state index contributed by atoms with van der Waals surface area (Å²) in [6, 6.07) is 9.92. The molecular weight excluding hydrogens is 240 g/mol. The van der Waals surface area contributed by atoms with Gasteiger partial charge in [0.15, 0.2) is 0 Å². The maximum absolute atomic E-state index is 12.1. The monoisotopic (exact) mass is 262 g/mol. The first-order valence-electron chi connectivity index (χ1n) is 6.83. The van der Waals surface area contributed by atoms with E-state index in [1.165, 1.54) is 0 Å². The smallest absolute Gasteiger partial charge is 0.224 e. The van der Waals surface area contributed by atoms with Crippen molar-refractivity contribution in [2.75, 3.05) is 33.3 Å². The Morgan fingerprint density at radius 3 is 2.63 bits per heavy atom. The molecule has 0 aromatic heterocycles. The lowest BCUT2D eigenvalue weighted by molar-refractivity contribution is -0.133. The lowest BCUT2D eigenvalue weighted by atomic mass is 10.0. The minimum atomic E-state index is -0.110. The Morgan fingerprint density at radius 2 is 1.95 bits per heavy atom. The zero-order chi connectivity index (χ0) is 13.7. The Kier molecular flexibility index (Phi) is 4.93. The molecule has 104 valence electrons. The molecule has 1 aliphatic heterocycles. The Balaban J connectivity index is 2.05. The minimum Gasteiger partial charge on any atom is -0.394 e. The molecule has 1 saturated heterocycles. The van der Waals surface area contributed by atoms with Crippen LogP contribution in [0.25, 0.3) is 0 Å². The number of hydrogen-bond acceptors (Lipinski definition) is 3. The molecule has 1 amide bonds. The van der Waals surface area contributed by atoms with Crippen LogP contribution >= 0.6 is 0 Å². The summed E-state index contributed by atoms with van der Waals surface area (Å²) in [5.74, 6) is 0.152. The standard InChI is InChI=1S/C15H22N2O2/c1-16-8-7-15(19)17(10-9-16)14(12-18)11-13-5-3-2-4-6-13/h2-6,14,18H,7-12H2,1H3/t14-/m0/s1. The number of carbonyl (C=O) groups is 1. The van der Waals surface area contributed by atoms with Gasteiger partial charge in [-0.05, 0) is 19.0 Å². The van der Waals surface area contributed by atoms with Crippen molar-refractivity contribution in [3.8, 4) is 0 Å². The van der Waals surface area contributed by atoms with Crippen molar-refractivity contribution in [1.29, 1.82) is 0 Å². The average Bonchev–Trinajstić information content (AvgIpc) is 2.60. The van der Waals surface area contributed by atoms with Crippen LogP contribution in [0.4, 0.5) is 0 Å². The minimum absolute atomic E-state index is 0.0182. The first kappa shape index (κ1) is 14.0. The highest BCUT2D eigenvalue weighted by Gasteiger charge is 2.25. The maximum Gasteiger partial charge on any atom is 0.224 e. The molecule has 1 fully saturated rings. The molecule has 1 aromatic rings. The summed E-state index contributed by atoms with van der Waals surface area (Å²) in [4.78, 5) is 16.1. The van der Waals surface area contributed by atoms with Crippen LogP contribution in [0.15, 0.2) is 30.3 Å². The van der Waals surface area contributed by atoms with Crippen LogP contribution in [0, 0.1) is 0 Å². The quantitative estimate of drug-likeness (QED) is 0.871. The molecule has 1 aliphatic rings. The van der Waals surface area contributed by atoms with Crippen LogP contribution in [0.2, 0.25) is 0 Å². The zero-order valence-electron chi connectivity index (χ0n) is 11.5. The second kappa shape index (κ2) is 6.68. The van der Waals surface area contributed by atoms with Crippen LogP contribution in [0.1, 0.15) is 12.0 Å². The fraction of sp³-hybridized carbons (Fsp3) is 0.533. The average molecular weight is 262 g/mol. The van der Waals surface area contributed by atoms with Gasteiger partial charge in [0, 0.05) is 26.1 Å². The number of rotatable bonds is 4. The molecule has 19 heavy (non-hydrogen) atoms. The van der Waals surface area contributed by atoms with Gasteiger partial charge in [0.2, 0.25) is 5.91 Å². The third kappa shape index (κ3) is 3.78. The van der Waals surface area contributed by atoms with E-state index in [-0.39, 0.29) is 18.6 Å². The van der Waals surface area contributed by atoms with Crippen molar-refractivity contribution < 1.29 is 9.90 Å². The Labute approximate surface area is 114 Å². The summed E-state index contributed by atoms with van der Waals surface area (Å²) in [5, 5.41) is 9.61. The number of aliphatic hydroxyl groups excluding tert-OH is 1. The second-order valence-electron chi connectivity index (χ2n) is 5.17. The molecule has 0 spiro atoms. The molecule has 1 heterocycles. The van der Waals surface area contributed by atoms with E-state index in [0.29, 0.717) is 19.4 Å². The van der Waals surface area contributed by atoms with Crippen molar-refractivity contribution in [3.63, 3.8) is 0 Å². The molecule has 0 aliphatic carbocycles. The molecular formula is C15H22N2O2. The van der Waals surface area contributed by atoms with E-state index < -0.39 is 0 Å². The number of likely N-dealkylation sites (N-methyl/N-ethyl adjacent to an activating group) is 1. The van der Waals surface area contributed by atoms with E-state index in [0.717, 1.165) is 18.7 Å². The van der Waals surface area contributed by atoms with Gasteiger partial charge in [0.05, 0.1) is 12.6 Å². The summed E-state index contributed by atoms with van der Waals surface area (Å²) in [5.41, 5.74) is 1.16. The van der Waals surface area contributed by atoms with Crippen LogP contribution in [-0.4, -0.2) is 60.1 Å². The van der Waals surface area contributed by atoms with Crippen LogP contribution in [0.5, 0.6) is 0 Å². The lowest BCUT2D eigenvalue weighted by Gasteiger charge is -2.29. The predicted octanol–water partition coefficient (Wildman–Crippen LogP) is 0.754. The van der Waals surface area contributed by atoms with Crippen LogP contribution in [-0.2, 0) is 11.2 Å². The Hall–Kier alpha value is -1.39. The molecule has 4 heteroatoms. The van der Waals surface area contributed by atoms with E-state index in [4.69, 9.17) is 0 Å². The molecule has 1 atom stereocenters. The fourth-order valence-corrected chi connectivity index (χ4v) is 2.49. The molecule has 0 radical (unpaired) electrons. The number of amides is 1. The fourth-order valence-electron chi connectivity index (χ4n) is 2.49. The van der Waals surface area contributed by atoms with Gasteiger partial charge >= 0.3 is 0 Å². The highest BCUT2D eigenvalue weighted by atomic mass is 16.3. The van der Waals surface area contributed by atoms with Gasteiger partial charge in [-0.15, -0.1) is 0 Å². The van der Waals surface area contributed by atoms with Crippen molar-refractivity contribution in [2.45, 2.75) is 18.9 Å². The lowest BCUT2D eigenvalue weighted by Crippen LogP contribution is -2.44. The van der Waals surface area contributed by atoms with E-state index in [1.807, 2.05) is 42.3 Å². The summed E-state index contributed by atoms with van der Waals surface area (Å²) in [6.07, 6.45) is 1.26. The normalized spacial score (nSPS) is 19.3. The van der Waals surface area contributed by atoms with E-state index >= 15 is 0 Å². The third-order valence-corrected chi connectivity index (χ3v) is 3.72. The van der Waals surface area contributed by atoms with Gasteiger partial charge in [-0.3, -0.25) is 4.79 Å². The topological polar surface area (TPSA) is 43.8 Å². The van der Waals surface area contributed by atoms with Gasteiger partial charge < -0.3 is 14.9 Å². The molecule has 0 saturated carbocycles. The molecule has 0 bridgehead atoms. The van der Waals surface area contributed by atoms with Gasteiger partial charge in [0.1, 0.15) is 0 Å². The number of hydrogen-bond donors (Lipinski definition) is 1. The summed E-state index contributed by atoms with van der Waals surface area (Å²) in [7, 11) is 2.03. The number of benzene rings is 1. The summed E-state index contributed by atoms with van der Waals surface area (Å²) in [6.45, 7) is 2.40. The van der Waals surface area contributed by atoms with Crippen LogP contribution < -0.4 is 0 Å². The van der Waals surface area contributed by atoms with Gasteiger partial charge in [-0.1, -0.05) is 30.3 Å². The number of carbonyl (C=O) groups excluding carboxylic acids is 1. The van der Waals surface area contributed by atoms with E-state index in [2.05, 4.69) is 4.90 Å². The van der Waals surface area contributed by atoms with Gasteiger partial charge in [-0.25, -0.2) is 0 Å². The molecule has 1 aromatic carbocycles. The largest absolute Gasteiger partial charge is 0.394 e. The Morgan fingerprint density at radius 1 is 1.21 bits per heavy atom. The SMILES string of the molecule is CN1CCC(=O)N([C@H](CO)Cc2ccccc2)CC1. The van der Waals surface area contributed by atoms with Gasteiger partial charge in [0.25, 0.3) is 0 Å². The number of aliphatic hydroxyl groups is 1. The number of nitrogens with zero attached hydrogens (tertiary/aromatic N) is 2.